The second-order valence-corrected chi connectivity index (χ2v) is 4.30. The molecule has 3 aromatic rings. The van der Waals surface area contributed by atoms with Crippen LogP contribution in [0.3, 0.4) is 0 Å². The van der Waals surface area contributed by atoms with Gasteiger partial charge in [0, 0.05) is 12.4 Å². The average Bonchev–Trinajstić information content (AvgIpc) is 3.02. The highest BCUT2D eigenvalue weighted by atomic mass is 16.3. The van der Waals surface area contributed by atoms with Crippen LogP contribution in [0.2, 0.25) is 0 Å². The summed E-state index contributed by atoms with van der Waals surface area (Å²) in [6.45, 7) is 2.27. The average molecular weight is 255 g/mol. The van der Waals surface area contributed by atoms with Crippen LogP contribution >= 0.6 is 0 Å². The molecule has 0 saturated carbocycles. The van der Waals surface area contributed by atoms with Crippen LogP contribution in [-0.2, 0) is 6.54 Å². The summed E-state index contributed by atoms with van der Waals surface area (Å²) in [5, 5.41) is 2.82. The molecule has 0 saturated heterocycles. The van der Waals surface area contributed by atoms with Crippen molar-refractivity contribution < 1.29 is 9.21 Å². The number of hydrogen-bond donors (Lipinski definition) is 1. The van der Waals surface area contributed by atoms with Crippen LogP contribution in [0.25, 0.3) is 5.65 Å². The Kier molecular flexibility index (Phi) is 2.79. The van der Waals surface area contributed by atoms with Gasteiger partial charge in [0.1, 0.15) is 11.4 Å². The molecule has 0 fully saturated rings. The van der Waals surface area contributed by atoms with Crippen molar-refractivity contribution in [3.05, 3.63) is 59.9 Å². The predicted molar refractivity (Wildman–Crippen MR) is 69.8 cm³/mol. The van der Waals surface area contributed by atoms with Crippen LogP contribution in [-0.4, -0.2) is 15.3 Å². The van der Waals surface area contributed by atoms with E-state index in [1.165, 1.54) is 0 Å². The summed E-state index contributed by atoms with van der Waals surface area (Å²) in [5.74, 6) is 0.562. The minimum atomic E-state index is -0.160. The molecule has 3 heterocycles. The SMILES string of the molecule is Cc1cn2cccc(C(=O)NCc3ccco3)c2n1. The molecule has 3 rings (SSSR count). The van der Waals surface area contributed by atoms with Crippen LogP contribution in [0.1, 0.15) is 21.8 Å². The van der Waals surface area contributed by atoms with E-state index in [9.17, 15) is 4.79 Å². The van der Waals surface area contributed by atoms with Crippen molar-refractivity contribution in [2.24, 2.45) is 0 Å². The van der Waals surface area contributed by atoms with Gasteiger partial charge in [-0.05, 0) is 31.2 Å². The Bertz CT molecular complexity index is 713. The number of amides is 1. The summed E-state index contributed by atoms with van der Waals surface area (Å²) >= 11 is 0. The van der Waals surface area contributed by atoms with E-state index >= 15 is 0 Å². The van der Waals surface area contributed by atoms with E-state index in [0.717, 1.165) is 11.5 Å². The van der Waals surface area contributed by atoms with Crippen molar-refractivity contribution in [2.45, 2.75) is 13.5 Å². The number of carbonyl (C=O) groups is 1. The topological polar surface area (TPSA) is 59.5 Å². The first-order chi connectivity index (χ1) is 9.24. The maximum absolute atomic E-state index is 12.2. The molecule has 1 N–H and O–H groups in total. The van der Waals surface area contributed by atoms with Crippen molar-refractivity contribution in [3.63, 3.8) is 0 Å². The molecule has 96 valence electrons. The molecule has 0 atom stereocenters. The van der Waals surface area contributed by atoms with Gasteiger partial charge in [0.15, 0.2) is 0 Å². The fraction of sp³-hybridized carbons (Fsp3) is 0.143. The van der Waals surface area contributed by atoms with Crippen LogP contribution < -0.4 is 5.32 Å². The molecule has 0 unspecified atom stereocenters. The Morgan fingerprint density at radius 1 is 1.42 bits per heavy atom. The van der Waals surface area contributed by atoms with E-state index in [4.69, 9.17) is 4.42 Å². The Labute approximate surface area is 109 Å². The van der Waals surface area contributed by atoms with Crippen LogP contribution in [0.15, 0.2) is 47.3 Å². The van der Waals surface area contributed by atoms with Gasteiger partial charge in [-0.3, -0.25) is 4.79 Å². The Morgan fingerprint density at radius 2 is 2.32 bits per heavy atom. The lowest BCUT2D eigenvalue weighted by atomic mass is 10.2. The molecule has 0 radical (unpaired) electrons. The lowest BCUT2D eigenvalue weighted by molar-refractivity contribution is 0.0949. The Morgan fingerprint density at radius 3 is 3.11 bits per heavy atom. The Hall–Kier alpha value is -2.56. The van der Waals surface area contributed by atoms with Crippen LogP contribution in [0.5, 0.6) is 0 Å². The van der Waals surface area contributed by atoms with Gasteiger partial charge in [-0.15, -0.1) is 0 Å². The molecule has 0 aliphatic carbocycles. The van der Waals surface area contributed by atoms with E-state index in [1.54, 1.807) is 18.4 Å². The number of nitrogens with one attached hydrogen (secondary N) is 1. The number of fused-ring (bicyclic) bond motifs is 1. The fourth-order valence-electron chi connectivity index (χ4n) is 1.99. The number of furan rings is 1. The summed E-state index contributed by atoms with van der Waals surface area (Å²) in [4.78, 5) is 16.5. The van der Waals surface area contributed by atoms with Crippen molar-refractivity contribution in [1.29, 1.82) is 0 Å². The van der Waals surface area contributed by atoms with E-state index in [1.807, 2.05) is 35.9 Å². The maximum Gasteiger partial charge on any atom is 0.255 e. The number of carbonyl (C=O) groups excluding carboxylic acids is 1. The number of aromatic nitrogens is 2. The third-order valence-electron chi connectivity index (χ3n) is 2.85. The highest BCUT2D eigenvalue weighted by Gasteiger charge is 2.12. The van der Waals surface area contributed by atoms with Gasteiger partial charge < -0.3 is 14.1 Å². The number of pyridine rings is 1. The first kappa shape index (κ1) is 11.5. The fourth-order valence-corrected chi connectivity index (χ4v) is 1.99. The minimum absolute atomic E-state index is 0.160. The molecular formula is C14H13N3O2. The summed E-state index contributed by atoms with van der Waals surface area (Å²) in [5.41, 5.74) is 2.10. The first-order valence-corrected chi connectivity index (χ1v) is 5.99. The van der Waals surface area contributed by atoms with Gasteiger partial charge in [0.05, 0.1) is 24.1 Å². The highest BCUT2D eigenvalue weighted by Crippen LogP contribution is 2.11. The zero-order chi connectivity index (χ0) is 13.2. The third kappa shape index (κ3) is 2.22. The molecule has 19 heavy (non-hydrogen) atoms. The monoisotopic (exact) mass is 255 g/mol. The van der Waals surface area contributed by atoms with Crippen molar-refractivity contribution in [1.82, 2.24) is 14.7 Å². The van der Waals surface area contributed by atoms with Gasteiger partial charge in [-0.1, -0.05) is 0 Å². The third-order valence-corrected chi connectivity index (χ3v) is 2.85. The van der Waals surface area contributed by atoms with Gasteiger partial charge in [-0.2, -0.15) is 0 Å². The van der Waals surface area contributed by atoms with E-state index in [0.29, 0.717) is 17.8 Å². The molecule has 5 nitrogen and oxygen atoms in total. The smallest absolute Gasteiger partial charge is 0.255 e. The lowest BCUT2D eigenvalue weighted by Gasteiger charge is -2.04. The minimum Gasteiger partial charge on any atom is -0.467 e. The molecule has 1 amide bonds. The largest absolute Gasteiger partial charge is 0.467 e. The number of hydrogen-bond acceptors (Lipinski definition) is 3. The molecule has 0 aromatic carbocycles. The normalized spacial score (nSPS) is 10.8. The zero-order valence-electron chi connectivity index (χ0n) is 10.5. The second kappa shape index (κ2) is 4.61. The molecule has 0 spiro atoms. The molecule has 3 aromatic heterocycles. The van der Waals surface area contributed by atoms with E-state index in [-0.39, 0.29) is 5.91 Å². The molecule has 0 aliphatic rings. The first-order valence-electron chi connectivity index (χ1n) is 5.99. The lowest BCUT2D eigenvalue weighted by Crippen LogP contribution is -2.23. The van der Waals surface area contributed by atoms with Crippen LogP contribution in [0, 0.1) is 6.92 Å². The van der Waals surface area contributed by atoms with E-state index in [2.05, 4.69) is 10.3 Å². The molecule has 0 bridgehead atoms. The quantitative estimate of drug-likeness (QED) is 0.780. The van der Waals surface area contributed by atoms with Gasteiger partial charge in [0.2, 0.25) is 0 Å². The van der Waals surface area contributed by atoms with Gasteiger partial charge in [0.25, 0.3) is 5.91 Å². The summed E-state index contributed by atoms with van der Waals surface area (Å²) in [7, 11) is 0. The zero-order valence-corrected chi connectivity index (χ0v) is 10.5. The number of aryl methyl sites for hydroxylation is 1. The molecular weight excluding hydrogens is 242 g/mol. The summed E-state index contributed by atoms with van der Waals surface area (Å²) in [6.07, 6.45) is 5.34. The van der Waals surface area contributed by atoms with E-state index < -0.39 is 0 Å². The number of rotatable bonds is 3. The van der Waals surface area contributed by atoms with Crippen molar-refractivity contribution in [3.8, 4) is 0 Å². The second-order valence-electron chi connectivity index (χ2n) is 4.30. The van der Waals surface area contributed by atoms with Gasteiger partial charge in [-0.25, -0.2) is 4.98 Å². The molecule has 0 aliphatic heterocycles. The highest BCUT2D eigenvalue weighted by molar-refractivity contribution is 5.99. The maximum atomic E-state index is 12.2. The standard InChI is InChI=1S/C14H13N3O2/c1-10-9-17-6-2-5-12(13(17)16-10)14(18)15-8-11-4-3-7-19-11/h2-7,9H,8H2,1H3,(H,15,18). The predicted octanol–water partition coefficient (Wildman–Crippen LogP) is 2.17. The van der Waals surface area contributed by atoms with Crippen molar-refractivity contribution >= 4 is 11.6 Å². The molecule has 5 heteroatoms. The summed E-state index contributed by atoms with van der Waals surface area (Å²) in [6, 6.07) is 7.20. The van der Waals surface area contributed by atoms with Crippen LogP contribution in [0.4, 0.5) is 0 Å². The van der Waals surface area contributed by atoms with Crippen molar-refractivity contribution in [2.75, 3.05) is 0 Å². The number of imidazole rings is 1. The van der Waals surface area contributed by atoms with Gasteiger partial charge >= 0.3 is 0 Å². The Balaban J connectivity index is 1.85. The summed E-state index contributed by atoms with van der Waals surface area (Å²) < 4.78 is 7.02. The number of nitrogens with zero attached hydrogens (tertiary/aromatic N) is 2.